The standard InChI is InChI=1S/C15H18N2O3S/c1-21(18,19)17(13-14-7-5-6-10-16-14)11-12-20-15-8-3-2-4-9-15/h2-10H,11-13H2,1H3. The van der Waals surface area contributed by atoms with Crippen LogP contribution in [0.2, 0.25) is 0 Å². The van der Waals surface area contributed by atoms with Crippen molar-refractivity contribution in [1.82, 2.24) is 9.29 Å². The van der Waals surface area contributed by atoms with Gasteiger partial charge in [0.05, 0.1) is 18.5 Å². The minimum absolute atomic E-state index is 0.248. The Labute approximate surface area is 125 Å². The van der Waals surface area contributed by atoms with Crippen molar-refractivity contribution in [3.05, 3.63) is 60.4 Å². The molecule has 0 amide bonds. The van der Waals surface area contributed by atoms with Crippen molar-refractivity contribution in [3.8, 4) is 5.75 Å². The van der Waals surface area contributed by atoms with E-state index in [1.54, 1.807) is 18.3 Å². The van der Waals surface area contributed by atoms with Crippen molar-refractivity contribution in [2.45, 2.75) is 6.54 Å². The summed E-state index contributed by atoms with van der Waals surface area (Å²) in [5.74, 6) is 0.726. The Hall–Kier alpha value is -1.92. The van der Waals surface area contributed by atoms with Gasteiger partial charge in [-0.25, -0.2) is 8.42 Å². The minimum Gasteiger partial charge on any atom is -0.492 e. The molecule has 0 saturated carbocycles. The van der Waals surface area contributed by atoms with Gasteiger partial charge in [0.15, 0.2) is 0 Å². The molecule has 0 aliphatic heterocycles. The van der Waals surface area contributed by atoms with E-state index in [0.29, 0.717) is 12.3 Å². The smallest absolute Gasteiger partial charge is 0.211 e. The summed E-state index contributed by atoms with van der Waals surface area (Å²) in [6, 6.07) is 14.8. The Balaban J connectivity index is 1.95. The first-order chi connectivity index (χ1) is 10.1. The lowest BCUT2D eigenvalue weighted by molar-refractivity contribution is 0.269. The summed E-state index contributed by atoms with van der Waals surface area (Å²) >= 11 is 0. The molecule has 0 atom stereocenters. The zero-order valence-corrected chi connectivity index (χ0v) is 12.7. The molecule has 2 aromatic rings. The van der Waals surface area contributed by atoms with Crippen molar-refractivity contribution in [2.24, 2.45) is 0 Å². The predicted molar refractivity (Wildman–Crippen MR) is 81.4 cm³/mol. The summed E-state index contributed by atoms with van der Waals surface area (Å²) in [7, 11) is -3.30. The van der Waals surface area contributed by atoms with Crippen LogP contribution < -0.4 is 4.74 Å². The van der Waals surface area contributed by atoms with Crippen LogP contribution >= 0.6 is 0 Å². The van der Waals surface area contributed by atoms with Gasteiger partial charge in [0.25, 0.3) is 0 Å². The highest BCUT2D eigenvalue weighted by Gasteiger charge is 2.17. The van der Waals surface area contributed by atoms with E-state index in [1.165, 1.54) is 10.6 Å². The highest BCUT2D eigenvalue weighted by Crippen LogP contribution is 2.10. The van der Waals surface area contributed by atoms with Gasteiger partial charge in [-0.2, -0.15) is 4.31 Å². The second-order valence-corrected chi connectivity index (χ2v) is 6.56. The van der Waals surface area contributed by atoms with E-state index in [1.807, 2.05) is 36.4 Å². The largest absolute Gasteiger partial charge is 0.492 e. The maximum Gasteiger partial charge on any atom is 0.211 e. The molecule has 21 heavy (non-hydrogen) atoms. The first-order valence-corrected chi connectivity index (χ1v) is 8.43. The van der Waals surface area contributed by atoms with E-state index >= 15 is 0 Å². The Kier molecular flexibility index (Phi) is 5.30. The number of pyridine rings is 1. The van der Waals surface area contributed by atoms with Crippen LogP contribution in [0.1, 0.15) is 5.69 Å². The lowest BCUT2D eigenvalue weighted by atomic mass is 10.3. The number of nitrogens with zero attached hydrogens (tertiary/aromatic N) is 2. The molecular weight excluding hydrogens is 288 g/mol. The van der Waals surface area contributed by atoms with Crippen LogP contribution in [-0.4, -0.2) is 37.1 Å². The van der Waals surface area contributed by atoms with Crippen molar-refractivity contribution >= 4 is 10.0 Å². The molecule has 0 radical (unpaired) electrons. The van der Waals surface area contributed by atoms with E-state index in [-0.39, 0.29) is 13.1 Å². The molecule has 0 bridgehead atoms. The zero-order chi connectivity index (χ0) is 15.1. The highest BCUT2D eigenvalue weighted by molar-refractivity contribution is 7.88. The number of rotatable bonds is 7. The minimum atomic E-state index is -3.30. The van der Waals surface area contributed by atoms with Crippen LogP contribution in [0.15, 0.2) is 54.7 Å². The molecule has 0 N–H and O–H groups in total. The summed E-state index contributed by atoms with van der Waals surface area (Å²) in [6.45, 7) is 0.825. The van der Waals surface area contributed by atoms with Gasteiger partial charge in [-0.05, 0) is 24.3 Å². The normalized spacial score (nSPS) is 11.5. The van der Waals surface area contributed by atoms with Gasteiger partial charge in [-0.1, -0.05) is 24.3 Å². The molecule has 0 aliphatic carbocycles. The number of benzene rings is 1. The molecule has 1 heterocycles. The third kappa shape index (κ3) is 5.17. The number of sulfonamides is 1. The monoisotopic (exact) mass is 306 g/mol. The Morgan fingerprint density at radius 2 is 1.81 bits per heavy atom. The van der Waals surface area contributed by atoms with Crippen molar-refractivity contribution < 1.29 is 13.2 Å². The Morgan fingerprint density at radius 3 is 2.43 bits per heavy atom. The zero-order valence-electron chi connectivity index (χ0n) is 11.8. The van der Waals surface area contributed by atoms with Crippen LogP contribution in [0.4, 0.5) is 0 Å². The molecule has 1 aromatic carbocycles. The van der Waals surface area contributed by atoms with Gasteiger partial charge >= 0.3 is 0 Å². The lowest BCUT2D eigenvalue weighted by Gasteiger charge is -2.19. The molecule has 6 heteroatoms. The predicted octanol–water partition coefficient (Wildman–Crippen LogP) is 1.92. The van der Waals surface area contributed by atoms with Crippen LogP contribution in [0.3, 0.4) is 0 Å². The van der Waals surface area contributed by atoms with Gasteiger partial charge < -0.3 is 4.74 Å². The van der Waals surface area contributed by atoms with Crippen LogP contribution in [0.5, 0.6) is 5.75 Å². The summed E-state index contributed by atoms with van der Waals surface area (Å²) in [5.41, 5.74) is 0.711. The Morgan fingerprint density at radius 1 is 1.10 bits per heavy atom. The van der Waals surface area contributed by atoms with E-state index in [9.17, 15) is 8.42 Å². The molecule has 112 valence electrons. The first-order valence-electron chi connectivity index (χ1n) is 6.58. The van der Waals surface area contributed by atoms with Crippen LogP contribution in [-0.2, 0) is 16.6 Å². The van der Waals surface area contributed by atoms with Crippen LogP contribution in [0.25, 0.3) is 0 Å². The first kappa shape index (κ1) is 15.5. The lowest BCUT2D eigenvalue weighted by Crippen LogP contribution is -2.33. The van der Waals surface area contributed by atoms with E-state index in [0.717, 1.165) is 5.75 Å². The van der Waals surface area contributed by atoms with Gasteiger partial charge in [-0.15, -0.1) is 0 Å². The molecule has 1 aromatic heterocycles. The Bertz CT molecular complexity index is 645. The van der Waals surface area contributed by atoms with Gasteiger partial charge in [0.2, 0.25) is 10.0 Å². The van der Waals surface area contributed by atoms with Gasteiger partial charge in [0, 0.05) is 12.7 Å². The number of para-hydroxylation sites is 1. The highest BCUT2D eigenvalue weighted by atomic mass is 32.2. The average molecular weight is 306 g/mol. The summed E-state index contributed by atoms with van der Waals surface area (Å²) in [6.07, 6.45) is 2.84. The maximum absolute atomic E-state index is 11.8. The summed E-state index contributed by atoms with van der Waals surface area (Å²) < 4.78 is 30.5. The van der Waals surface area contributed by atoms with E-state index in [4.69, 9.17) is 4.74 Å². The van der Waals surface area contributed by atoms with Crippen molar-refractivity contribution in [2.75, 3.05) is 19.4 Å². The average Bonchev–Trinajstić information content (AvgIpc) is 2.47. The molecule has 0 spiro atoms. The second-order valence-electron chi connectivity index (χ2n) is 4.58. The number of ether oxygens (including phenoxy) is 1. The molecular formula is C15H18N2O3S. The number of hydrogen-bond donors (Lipinski definition) is 0. The number of aromatic nitrogens is 1. The molecule has 0 unspecified atom stereocenters. The topological polar surface area (TPSA) is 59.5 Å². The summed E-state index contributed by atoms with van der Waals surface area (Å²) in [5, 5.41) is 0. The fourth-order valence-electron chi connectivity index (χ4n) is 1.82. The fraction of sp³-hybridized carbons (Fsp3) is 0.267. The SMILES string of the molecule is CS(=O)(=O)N(CCOc1ccccc1)Cc1ccccn1. The fourth-order valence-corrected chi connectivity index (χ4v) is 2.59. The molecule has 0 fully saturated rings. The third-order valence-corrected chi connectivity index (χ3v) is 4.14. The number of hydrogen-bond acceptors (Lipinski definition) is 4. The third-order valence-electron chi connectivity index (χ3n) is 2.89. The maximum atomic E-state index is 11.8. The van der Waals surface area contributed by atoms with Crippen molar-refractivity contribution in [1.29, 1.82) is 0 Å². The van der Waals surface area contributed by atoms with E-state index in [2.05, 4.69) is 4.98 Å². The van der Waals surface area contributed by atoms with Gasteiger partial charge in [0.1, 0.15) is 12.4 Å². The van der Waals surface area contributed by atoms with Crippen LogP contribution in [0, 0.1) is 0 Å². The summed E-state index contributed by atoms with van der Waals surface area (Å²) in [4.78, 5) is 4.15. The molecule has 0 saturated heterocycles. The quantitative estimate of drug-likeness (QED) is 0.784. The van der Waals surface area contributed by atoms with Gasteiger partial charge in [-0.3, -0.25) is 4.98 Å². The molecule has 0 aliphatic rings. The van der Waals surface area contributed by atoms with Crippen molar-refractivity contribution in [3.63, 3.8) is 0 Å². The van der Waals surface area contributed by atoms with E-state index < -0.39 is 10.0 Å². The molecule has 2 rings (SSSR count). The second kappa shape index (κ2) is 7.19. The molecule has 5 nitrogen and oxygen atoms in total.